The van der Waals surface area contributed by atoms with Crippen molar-refractivity contribution in [3.8, 4) is 0 Å². The van der Waals surface area contributed by atoms with Crippen LogP contribution in [0.25, 0.3) is 0 Å². The van der Waals surface area contributed by atoms with Crippen LogP contribution in [0.3, 0.4) is 0 Å². The number of pyridine rings is 1. The van der Waals surface area contributed by atoms with Gasteiger partial charge in [0.15, 0.2) is 0 Å². The number of nitrogen functional groups attached to an aromatic ring is 1. The summed E-state index contributed by atoms with van der Waals surface area (Å²) in [5, 5.41) is 0. The summed E-state index contributed by atoms with van der Waals surface area (Å²) in [5.41, 5.74) is 6.55. The van der Waals surface area contributed by atoms with E-state index >= 15 is 0 Å². The van der Waals surface area contributed by atoms with Gasteiger partial charge in [0.1, 0.15) is 11.6 Å². The van der Waals surface area contributed by atoms with Crippen molar-refractivity contribution in [2.75, 3.05) is 48.4 Å². The second-order valence-electron chi connectivity index (χ2n) is 5.54. The molecular weight excluding hydrogens is 314 g/mol. The van der Waals surface area contributed by atoms with Crippen LogP contribution >= 0.6 is 0 Å². The summed E-state index contributed by atoms with van der Waals surface area (Å²) < 4.78 is 27.5. The smallest absolute Gasteiger partial charge is 0.261 e. The zero-order valence-electron chi connectivity index (χ0n) is 13.6. The molecule has 0 aliphatic heterocycles. The Kier molecular flexibility index (Phi) is 4.65. The fourth-order valence-corrected chi connectivity index (χ4v) is 2.92. The van der Waals surface area contributed by atoms with Gasteiger partial charge >= 0.3 is 0 Å². The van der Waals surface area contributed by atoms with E-state index < -0.39 is 10.0 Å². The van der Waals surface area contributed by atoms with Gasteiger partial charge in [0.25, 0.3) is 10.0 Å². The topological polar surface area (TPSA) is 91.6 Å². The van der Waals surface area contributed by atoms with Crippen molar-refractivity contribution < 1.29 is 8.42 Å². The van der Waals surface area contributed by atoms with Crippen molar-refractivity contribution in [2.24, 2.45) is 0 Å². The summed E-state index contributed by atoms with van der Waals surface area (Å²) in [6, 6.07) is 9.41. The van der Waals surface area contributed by atoms with Crippen molar-refractivity contribution >= 4 is 33.0 Å². The van der Waals surface area contributed by atoms with Crippen LogP contribution < -0.4 is 20.3 Å². The molecule has 0 saturated heterocycles. The number of nitrogens with one attached hydrogen (secondary N) is 1. The van der Waals surface area contributed by atoms with Gasteiger partial charge in [-0.2, -0.15) is 0 Å². The normalized spacial score (nSPS) is 11.1. The van der Waals surface area contributed by atoms with Gasteiger partial charge in [-0.3, -0.25) is 4.72 Å². The Labute approximate surface area is 136 Å². The number of nitrogens with zero attached hydrogens (tertiary/aromatic N) is 3. The van der Waals surface area contributed by atoms with Crippen molar-refractivity contribution in [1.29, 1.82) is 0 Å². The molecule has 0 fully saturated rings. The van der Waals surface area contributed by atoms with E-state index in [4.69, 9.17) is 5.73 Å². The third-order valence-electron chi connectivity index (χ3n) is 3.16. The number of benzene rings is 1. The Morgan fingerprint density at radius 1 is 0.957 bits per heavy atom. The molecule has 0 aliphatic carbocycles. The third kappa shape index (κ3) is 4.04. The first-order valence-corrected chi connectivity index (χ1v) is 8.42. The molecule has 7 nitrogen and oxygen atoms in total. The van der Waals surface area contributed by atoms with Gasteiger partial charge in [-0.25, -0.2) is 13.4 Å². The molecule has 124 valence electrons. The van der Waals surface area contributed by atoms with Crippen molar-refractivity contribution in [2.45, 2.75) is 4.90 Å². The van der Waals surface area contributed by atoms with E-state index in [9.17, 15) is 8.42 Å². The fraction of sp³-hybridized carbons (Fsp3) is 0.267. The van der Waals surface area contributed by atoms with Gasteiger partial charge in [0.05, 0.1) is 10.6 Å². The first-order valence-electron chi connectivity index (χ1n) is 6.94. The summed E-state index contributed by atoms with van der Waals surface area (Å²) in [6.07, 6.45) is 0. The Morgan fingerprint density at radius 3 is 1.87 bits per heavy atom. The number of nitrogens with two attached hydrogens (primary N) is 1. The first kappa shape index (κ1) is 16.9. The summed E-state index contributed by atoms with van der Waals surface area (Å²) >= 11 is 0. The number of sulfonamides is 1. The maximum Gasteiger partial charge on any atom is 0.261 e. The fourth-order valence-electron chi connectivity index (χ4n) is 1.88. The Balaban J connectivity index is 2.40. The minimum absolute atomic E-state index is 0.154. The Hall–Kier alpha value is -2.48. The largest absolute Gasteiger partial charge is 0.399 e. The lowest BCUT2D eigenvalue weighted by Crippen LogP contribution is -2.18. The molecule has 0 unspecified atom stereocenters. The Morgan fingerprint density at radius 2 is 1.43 bits per heavy atom. The molecule has 3 N–H and O–H groups in total. The van der Waals surface area contributed by atoms with Crippen molar-refractivity contribution in [3.63, 3.8) is 0 Å². The van der Waals surface area contributed by atoms with Crippen LogP contribution in [0.5, 0.6) is 0 Å². The zero-order chi connectivity index (χ0) is 17.2. The van der Waals surface area contributed by atoms with E-state index in [-0.39, 0.29) is 4.90 Å². The molecule has 2 aromatic rings. The molecule has 0 amide bonds. The minimum Gasteiger partial charge on any atom is -0.399 e. The highest BCUT2D eigenvalue weighted by Crippen LogP contribution is 2.24. The molecule has 23 heavy (non-hydrogen) atoms. The van der Waals surface area contributed by atoms with Crippen molar-refractivity contribution in [1.82, 2.24) is 4.98 Å². The minimum atomic E-state index is -3.69. The Bertz CT molecular complexity index is 760. The van der Waals surface area contributed by atoms with Crippen LogP contribution in [0.15, 0.2) is 41.3 Å². The first-order chi connectivity index (χ1) is 10.7. The lowest BCUT2D eigenvalue weighted by Gasteiger charge is -2.19. The number of aromatic nitrogens is 1. The van der Waals surface area contributed by atoms with E-state index in [1.165, 1.54) is 12.1 Å². The van der Waals surface area contributed by atoms with Gasteiger partial charge < -0.3 is 15.5 Å². The maximum atomic E-state index is 12.5. The SMILES string of the molecule is CN(C)c1cc(NS(=O)(=O)c2ccc(N)cc2)cc(N(C)C)n1. The molecule has 8 heteroatoms. The highest BCUT2D eigenvalue weighted by Gasteiger charge is 2.16. The van der Waals surface area contributed by atoms with Gasteiger partial charge in [0.2, 0.25) is 0 Å². The summed E-state index contributed by atoms with van der Waals surface area (Å²) in [5.74, 6) is 1.32. The number of hydrogen-bond acceptors (Lipinski definition) is 6. The van der Waals surface area contributed by atoms with Crippen LogP contribution in [-0.2, 0) is 10.0 Å². The lowest BCUT2D eigenvalue weighted by molar-refractivity contribution is 0.601. The molecule has 0 aliphatic rings. The zero-order valence-corrected chi connectivity index (χ0v) is 14.4. The quantitative estimate of drug-likeness (QED) is 0.807. The van der Waals surface area contributed by atoms with Gasteiger partial charge in [-0.1, -0.05) is 0 Å². The predicted octanol–water partition coefficient (Wildman–Crippen LogP) is 1.60. The second-order valence-corrected chi connectivity index (χ2v) is 7.22. The highest BCUT2D eigenvalue weighted by atomic mass is 32.2. The van der Waals surface area contributed by atoms with Crippen LogP contribution in [-0.4, -0.2) is 41.6 Å². The van der Waals surface area contributed by atoms with Crippen LogP contribution in [0, 0.1) is 0 Å². The summed E-state index contributed by atoms with van der Waals surface area (Å²) in [4.78, 5) is 8.23. The molecule has 1 aromatic carbocycles. The standard InChI is InChI=1S/C15H21N5O2S/c1-19(2)14-9-12(10-15(17-14)20(3)4)18-23(21,22)13-7-5-11(16)6-8-13/h5-10H,16H2,1-4H3,(H,17,18). The highest BCUT2D eigenvalue weighted by molar-refractivity contribution is 7.92. The van der Waals surface area contributed by atoms with E-state index in [0.29, 0.717) is 23.0 Å². The number of rotatable bonds is 5. The van der Waals surface area contributed by atoms with Crippen molar-refractivity contribution in [3.05, 3.63) is 36.4 Å². The van der Waals surface area contributed by atoms with Crippen LogP contribution in [0.2, 0.25) is 0 Å². The number of anilines is 4. The molecule has 0 atom stereocenters. The van der Waals surface area contributed by atoms with Gasteiger partial charge in [0, 0.05) is 46.0 Å². The molecular formula is C15H21N5O2S. The molecule has 1 heterocycles. The maximum absolute atomic E-state index is 12.5. The average molecular weight is 335 g/mol. The molecule has 1 aromatic heterocycles. The van der Waals surface area contributed by atoms with E-state index in [1.54, 1.807) is 24.3 Å². The van der Waals surface area contributed by atoms with E-state index in [0.717, 1.165) is 0 Å². The summed E-state index contributed by atoms with van der Waals surface area (Å²) in [6.45, 7) is 0. The van der Waals surface area contributed by atoms with Gasteiger partial charge in [-0.15, -0.1) is 0 Å². The predicted molar refractivity (Wildman–Crippen MR) is 94.6 cm³/mol. The van der Waals surface area contributed by atoms with Gasteiger partial charge in [-0.05, 0) is 24.3 Å². The molecule has 0 radical (unpaired) electrons. The molecule has 2 rings (SSSR count). The van der Waals surface area contributed by atoms with E-state index in [2.05, 4.69) is 9.71 Å². The molecule has 0 spiro atoms. The van der Waals surface area contributed by atoms with Crippen LogP contribution in [0.4, 0.5) is 23.0 Å². The van der Waals surface area contributed by atoms with Crippen LogP contribution in [0.1, 0.15) is 0 Å². The molecule has 0 bridgehead atoms. The van der Waals surface area contributed by atoms with E-state index in [1.807, 2.05) is 38.0 Å². The average Bonchev–Trinajstić information content (AvgIpc) is 2.46. The summed E-state index contributed by atoms with van der Waals surface area (Å²) in [7, 11) is 3.70. The third-order valence-corrected chi connectivity index (χ3v) is 4.55. The number of hydrogen-bond donors (Lipinski definition) is 2. The lowest BCUT2D eigenvalue weighted by atomic mass is 10.3. The second kappa shape index (κ2) is 6.33. The molecule has 0 saturated carbocycles. The monoisotopic (exact) mass is 335 g/mol.